The number of anilines is 1. The Balaban J connectivity index is 1.39. The highest BCUT2D eigenvalue weighted by Gasteiger charge is 2.29. The molecule has 1 saturated heterocycles. The Morgan fingerprint density at radius 2 is 1.77 bits per heavy atom. The topological polar surface area (TPSA) is 62.2 Å². The van der Waals surface area contributed by atoms with Gasteiger partial charge in [0.25, 0.3) is 5.91 Å². The van der Waals surface area contributed by atoms with E-state index < -0.39 is 0 Å². The summed E-state index contributed by atoms with van der Waals surface area (Å²) in [5.41, 5.74) is 5.08. The molecule has 160 valence electrons. The molecule has 2 aliphatic rings. The summed E-state index contributed by atoms with van der Waals surface area (Å²) in [5.74, 6) is 2.30. The van der Waals surface area contributed by atoms with E-state index in [0.717, 1.165) is 71.8 Å². The molecule has 0 radical (unpaired) electrons. The van der Waals surface area contributed by atoms with Gasteiger partial charge in [0, 0.05) is 54.9 Å². The number of carbonyl (C=O) groups excluding carboxylic acids is 1. The number of carbonyl (C=O) groups is 1. The number of fused-ring (bicyclic) bond motifs is 2. The number of amides is 1. The van der Waals surface area contributed by atoms with Crippen molar-refractivity contribution in [2.75, 3.05) is 31.1 Å². The molecule has 1 aliphatic heterocycles. The quantitative estimate of drug-likeness (QED) is 0.649. The van der Waals surface area contributed by atoms with E-state index in [1.807, 2.05) is 42.2 Å². The van der Waals surface area contributed by atoms with Crippen LogP contribution in [-0.4, -0.2) is 51.9 Å². The van der Waals surface area contributed by atoms with E-state index >= 15 is 0 Å². The molecule has 3 aromatic rings. The van der Waals surface area contributed by atoms with Gasteiger partial charge in [-0.05, 0) is 37.8 Å². The van der Waals surface area contributed by atoms with Crippen LogP contribution in [0.5, 0.6) is 0 Å². The smallest absolute Gasteiger partial charge is 0.255 e. The highest BCUT2D eigenvalue weighted by molar-refractivity contribution is 6.08. The molecule has 0 unspecified atom stereocenters. The molecule has 5 rings (SSSR count). The van der Waals surface area contributed by atoms with Crippen molar-refractivity contribution in [3.63, 3.8) is 0 Å². The number of pyridine rings is 1. The van der Waals surface area contributed by atoms with Gasteiger partial charge in [-0.15, -0.1) is 0 Å². The van der Waals surface area contributed by atoms with E-state index in [1.165, 1.54) is 5.56 Å². The highest BCUT2D eigenvalue weighted by atomic mass is 16.2. The molecule has 2 aromatic heterocycles. The molecule has 0 saturated carbocycles. The molecular formula is C25H29N5O. The average molecular weight is 416 g/mol. The van der Waals surface area contributed by atoms with Crippen LogP contribution in [0.3, 0.4) is 0 Å². The normalized spacial score (nSPS) is 16.3. The minimum atomic E-state index is 0.151. The van der Waals surface area contributed by atoms with Crippen molar-refractivity contribution in [2.45, 2.75) is 46.0 Å². The minimum absolute atomic E-state index is 0.151. The Labute approximate surface area is 183 Å². The monoisotopic (exact) mass is 415 g/mol. The summed E-state index contributed by atoms with van der Waals surface area (Å²) in [6.45, 7) is 9.22. The van der Waals surface area contributed by atoms with Gasteiger partial charge in [-0.2, -0.15) is 0 Å². The first-order valence-corrected chi connectivity index (χ1v) is 11.3. The van der Waals surface area contributed by atoms with Gasteiger partial charge in [-0.1, -0.05) is 32.0 Å². The van der Waals surface area contributed by atoms with E-state index in [2.05, 4.69) is 23.7 Å². The summed E-state index contributed by atoms with van der Waals surface area (Å²) in [7, 11) is 0. The first kappa shape index (κ1) is 19.9. The van der Waals surface area contributed by atoms with Crippen LogP contribution < -0.4 is 4.90 Å². The Hall–Kier alpha value is -3.02. The minimum Gasteiger partial charge on any atom is -0.353 e. The molecular weight excluding hydrogens is 386 g/mol. The molecule has 1 aromatic carbocycles. The van der Waals surface area contributed by atoms with Crippen LogP contribution in [0.25, 0.3) is 10.9 Å². The van der Waals surface area contributed by atoms with E-state index in [0.29, 0.717) is 19.0 Å². The fraction of sp³-hybridized carbons (Fsp3) is 0.440. The maximum absolute atomic E-state index is 13.7. The Kier molecular flexibility index (Phi) is 5.08. The molecule has 0 atom stereocenters. The molecule has 31 heavy (non-hydrogen) atoms. The number of piperazine rings is 1. The van der Waals surface area contributed by atoms with Gasteiger partial charge in [0.15, 0.2) is 0 Å². The van der Waals surface area contributed by atoms with Crippen LogP contribution in [0, 0.1) is 6.92 Å². The molecule has 6 nitrogen and oxygen atoms in total. The van der Waals surface area contributed by atoms with Crippen LogP contribution in [0.2, 0.25) is 0 Å². The lowest BCUT2D eigenvalue weighted by Crippen LogP contribution is -2.49. The third-order valence-electron chi connectivity index (χ3n) is 6.40. The molecule has 0 N–H and O–H groups in total. The number of hydrogen-bond donors (Lipinski definition) is 0. The summed E-state index contributed by atoms with van der Waals surface area (Å²) in [5, 5.41) is 0.989. The van der Waals surface area contributed by atoms with Gasteiger partial charge in [0.1, 0.15) is 11.6 Å². The Morgan fingerprint density at radius 1 is 1.00 bits per heavy atom. The zero-order chi connectivity index (χ0) is 21.5. The number of aryl methyl sites for hydroxylation is 2. The van der Waals surface area contributed by atoms with E-state index in [9.17, 15) is 4.79 Å². The number of benzene rings is 1. The maximum Gasteiger partial charge on any atom is 0.255 e. The van der Waals surface area contributed by atoms with Crippen molar-refractivity contribution in [1.82, 2.24) is 19.9 Å². The van der Waals surface area contributed by atoms with Crippen LogP contribution in [0.15, 0.2) is 30.3 Å². The second kappa shape index (κ2) is 7.91. The van der Waals surface area contributed by atoms with Gasteiger partial charge in [0.2, 0.25) is 0 Å². The number of aromatic nitrogens is 3. The lowest BCUT2D eigenvalue weighted by molar-refractivity contribution is 0.0747. The van der Waals surface area contributed by atoms with Gasteiger partial charge >= 0.3 is 0 Å². The first-order valence-electron chi connectivity index (χ1n) is 11.3. The van der Waals surface area contributed by atoms with Gasteiger partial charge in [-0.3, -0.25) is 9.78 Å². The SMILES string of the molecule is Cc1cc(N2CCN(C(=O)c3c4c(nc5ccccc35)CCC4)CC2)nc(C(C)C)n1. The predicted octanol–water partition coefficient (Wildman–Crippen LogP) is 3.91. The second-order valence-electron chi connectivity index (χ2n) is 8.94. The molecule has 1 aliphatic carbocycles. The third kappa shape index (κ3) is 3.64. The number of nitrogens with zero attached hydrogens (tertiary/aromatic N) is 5. The van der Waals surface area contributed by atoms with Crippen molar-refractivity contribution in [3.8, 4) is 0 Å². The summed E-state index contributed by atoms with van der Waals surface area (Å²) in [6.07, 6.45) is 3.00. The highest BCUT2D eigenvalue weighted by Crippen LogP contribution is 2.31. The van der Waals surface area contributed by atoms with Crippen molar-refractivity contribution < 1.29 is 4.79 Å². The van der Waals surface area contributed by atoms with E-state index in [4.69, 9.17) is 9.97 Å². The number of rotatable bonds is 3. The largest absolute Gasteiger partial charge is 0.353 e. The molecule has 3 heterocycles. The zero-order valence-electron chi connectivity index (χ0n) is 18.6. The lowest BCUT2D eigenvalue weighted by Gasteiger charge is -2.36. The Bertz CT molecular complexity index is 1150. The van der Waals surface area contributed by atoms with Gasteiger partial charge < -0.3 is 9.80 Å². The number of hydrogen-bond acceptors (Lipinski definition) is 5. The van der Waals surface area contributed by atoms with Crippen LogP contribution >= 0.6 is 0 Å². The summed E-state index contributed by atoms with van der Waals surface area (Å²) in [4.78, 5) is 32.1. The fourth-order valence-electron chi connectivity index (χ4n) is 4.75. The van der Waals surface area contributed by atoms with Crippen LogP contribution in [-0.2, 0) is 12.8 Å². The predicted molar refractivity (Wildman–Crippen MR) is 123 cm³/mol. The first-order chi connectivity index (χ1) is 15.0. The van der Waals surface area contributed by atoms with Crippen molar-refractivity contribution in [3.05, 3.63) is 58.7 Å². The van der Waals surface area contributed by atoms with E-state index in [-0.39, 0.29) is 5.91 Å². The van der Waals surface area contributed by atoms with Crippen molar-refractivity contribution >= 4 is 22.6 Å². The summed E-state index contributed by atoms with van der Waals surface area (Å²) < 4.78 is 0. The van der Waals surface area contributed by atoms with Gasteiger partial charge in [-0.25, -0.2) is 9.97 Å². The molecule has 6 heteroatoms. The van der Waals surface area contributed by atoms with Crippen molar-refractivity contribution in [2.24, 2.45) is 0 Å². The van der Waals surface area contributed by atoms with Crippen LogP contribution in [0.1, 0.15) is 59.3 Å². The molecule has 0 bridgehead atoms. The third-order valence-corrected chi connectivity index (χ3v) is 6.40. The zero-order valence-corrected chi connectivity index (χ0v) is 18.6. The van der Waals surface area contributed by atoms with Crippen LogP contribution in [0.4, 0.5) is 5.82 Å². The Morgan fingerprint density at radius 3 is 2.55 bits per heavy atom. The second-order valence-corrected chi connectivity index (χ2v) is 8.94. The summed E-state index contributed by atoms with van der Waals surface area (Å²) in [6, 6.07) is 10.1. The molecule has 1 amide bonds. The lowest BCUT2D eigenvalue weighted by atomic mass is 9.99. The van der Waals surface area contributed by atoms with Crippen molar-refractivity contribution in [1.29, 1.82) is 0 Å². The van der Waals surface area contributed by atoms with E-state index in [1.54, 1.807) is 0 Å². The fourth-order valence-corrected chi connectivity index (χ4v) is 4.75. The standard InChI is InChI=1S/C25H29N5O/c1-16(2)24-26-17(3)15-22(28-24)29-11-13-30(14-12-29)25(31)23-18-7-4-5-9-20(18)27-21-10-6-8-19(21)23/h4-5,7,9,15-16H,6,8,10-14H2,1-3H3. The number of para-hydroxylation sites is 1. The molecule has 1 fully saturated rings. The molecule has 0 spiro atoms. The van der Waals surface area contributed by atoms with Gasteiger partial charge in [0.05, 0.1) is 11.1 Å². The maximum atomic E-state index is 13.7. The average Bonchev–Trinajstić information content (AvgIpc) is 3.24. The summed E-state index contributed by atoms with van der Waals surface area (Å²) >= 11 is 0.